The number of guanidine groups is 1. The predicted octanol–water partition coefficient (Wildman–Crippen LogP) is 1.53. The van der Waals surface area contributed by atoms with Crippen LogP contribution in [0, 0.1) is 5.82 Å². The second kappa shape index (κ2) is 7.62. The highest BCUT2D eigenvalue weighted by Gasteiger charge is 2.00. The molecular formula is C12H19FN4. The Morgan fingerprint density at radius 2 is 2.18 bits per heavy atom. The largest absolute Gasteiger partial charge is 0.355 e. The smallest absolute Gasteiger partial charge is 0.206 e. The van der Waals surface area contributed by atoms with Crippen molar-refractivity contribution in [2.24, 2.45) is 10.8 Å². The van der Waals surface area contributed by atoms with Gasteiger partial charge in [0.25, 0.3) is 0 Å². The summed E-state index contributed by atoms with van der Waals surface area (Å²) in [6, 6.07) is 6.57. The van der Waals surface area contributed by atoms with E-state index in [2.05, 4.69) is 22.7 Å². The fraction of sp³-hybridized carbons (Fsp3) is 0.417. The minimum absolute atomic E-state index is 0.249. The fourth-order valence-corrected chi connectivity index (χ4v) is 1.33. The van der Waals surface area contributed by atoms with Crippen molar-refractivity contribution >= 4 is 5.96 Å². The number of nitrogens with two attached hydrogens (primary N) is 1. The number of aliphatic imine (C=N–C) groups is 1. The van der Waals surface area contributed by atoms with Crippen LogP contribution in [0.15, 0.2) is 29.3 Å². The van der Waals surface area contributed by atoms with E-state index in [-0.39, 0.29) is 12.4 Å². The van der Waals surface area contributed by atoms with E-state index in [1.165, 1.54) is 6.07 Å². The number of unbranched alkanes of at least 4 members (excludes halogenated alkanes) is 1. The Hall–Kier alpha value is -1.62. The molecule has 0 radical (unpaired) electrons. The molecule has 1 rings (SSSR count). The van der Waals surface area contributed by atoms with Crippen LogP contribution >= 0.6 is 0 Å². The number of hydrogen-bond acceptors (Lipinski definition) is 2. The van der Waals surface area contributed by atoms with Gasteiger partial charge in [-0.2, -0.15) is 0 Å². The van der Waals surface area contributed by atoms with Crippen molar-refractivity contribution in [2.45, 2.75) is 26.3 Å². The first-order valence-corrected chi connectivity index (χ1v) is 5.76. The van der Waals surface area contributed by atoms with E-state index in [0.717, 1.165) is 19.4 Å². The van der Waals surface area contributed by atoms with Gasteiger partial charge < -0.3 is 5.32 Å². The molecule has 94 valence electrons. The highest BCUT2D eigenvalue weighted by Crippen LogP contribution is 2.07. The molecule has 0 amide bonds. The lowest BCUT2D eigenvalue weighted by molar-refractivity contribution is 0.610. The SMILES string of the molecule is CCCCNC(=NCc1ccccc1F)NN. The summed E-state index contributed by atoms with van der Waals surface area (Å²) < 4.78 is 13.3. The topological polar surface area (TPSA) is 62.4 Å². The van der Waals surface area contributed by atoms with E-state index in [0.29, 0.717) is 11.5 Å². The highest BCUT2D eigenvalue weighted by molar-refractivity contribution is 5.79. The summed E-state index contributed by atoms with van der Waals surface area (Å²) in [6.07, 6.45) is 2.14. The zero-order chi connectivity index (χ0) is 12.5. The average molecular weight is 238 g/mol. The van der Waals surface area contributed by atoms with Crippen molar-refractivity contribution in [2.75, 3.05) is 6.54 Å². The molecule has 4 N–H and O–H groups in total. The van der Waals surface area contributed by atoms with Crippen LogP contribution < -0.4 is 16.6 Å². The molecule has 4 nitrogen and oxygen atoms in total. The summed E-state index contributed by atoms with van der Waals surface area (Å²) in [6.45, 7) is 3.18. The van der Waals surface area contributed by atoms with Crippen molar-refractivity contribution < 1.29 is 4.39 Å². The molecule has 0 fully saturated rings. The van der Waals surface area contributed by atoms with Crippen LogP contribution in [0.5, 0.6) is 0 Å². The average Bonchev–Trinajstić information content (AvgIpc) is 2.35. The van der Waals surface area contributed by atoms with E-state index >= 15 is 0 Å². The lowest BCUT2D eigenvalue weighted by Crippen LogP contribution is -2.42. The zero-order valence-corrected chi connectivity index (χ0v) is 10.0. The Bertz CT molecular complexity index is 365. The Kier molecular flexibility index (Phi) is 6.03. The van der Waals surface area contributed by atoms with E-state index < -0.39 is 0 Å². The van der Waals surface area contributed by atoms with Gasteiger partial charge in [-0.25, -0.2) is 15.2 Å². The number of rotatable bonds is 5. The third-order valence-electron chi connectivity index (χ3n) is 2.32. The van der Waals surface area contributed by atoms with Crippen molar-refractivity contribution in [3.05, 3.63) is 35.6 Å². The molecule has 0 unspecified atom stereocenters. The monoisotopic (exact) mass is 238 g/mol. The van der Waals surface area contributed by atoms with Crippen molar-refractivity contribution in [3.63, 3.8) is 0 Å². The summed E-state index contributed by atoms with van der Waals surface area (Å²) in [5, 5.41) is 3.05. The maximum absolute atomic E-state index is 13.3. The second-order valence-corrected chi connectivity index (χ2v) is 3.68. The predicted molar refractivity (Wildman–Crippen MR) is 67.8 cm³/mol. The first-order valence-electron chi connectivity index (χ1n) is 5.76. The number of hydrogen-bond donors (Lipinski definition) is 3. The summed E-state index contributed by atoms with van der Waals surface area (Å²) in [4.78, 5) is 4.17. The van der Waals surface area contributed by atoms with Crippen LogP contribution in [0.4, 0.5) is 4.39 Å². The summed E-state index contributed by atoms with van der Waals surface area (Å²) in [7, 11) is 0. The first kappa shape index (κ1) is 13.4. The molecule has 1 aromatic carbocycles. The summed E-state index contributed by atoms with van der Waals surface area (Å²) in [5.74, 6) is 5.56. The first-order chi connectivity index (χ1) is 8.27. The normalized spacial score (nSPS) is 11.4. The summed E-state index contributed by atoms with van der Waals surface area (Å²) >= 11 is 0. The molecule has 0 saturated carbocycles. The lowest BCUT2D eigenvalue weighted by atomic mass is 10.2. The van der Waals surface area contributed by atoms with Gasteiger partial charge in [-0.15, -0.1) is 0 Å². The zero-order valence-electron chi connectivity index (χ0n) is 10.0. The maximum Gasteiger partial charge on any atom is 0.206 e. The van der Waals surface area contributed by atoms with Gasteiger partial charge in [0.05, 0.1) is 6.54 Å². The molecule has 17 heavy (non-hydrogen) atoms. The molecule has 0 aliphatic rings. The van der Waals surface area contributed by atoms with Crippen LogP contribution in [0.2, 0.25) is 0 Å². The van der Waals surface area contributed by atoms with Gasteiger partial charge in [0.15, 0.2) is 0 Å². The minimum atomic E-state index is -0.249. The van der Waals surface area contributed by atoms with Crippen LogP contribution in [0.3, 0.4) is 0 Å². The maximum atomic E-state index is 13.3. The molecule has 1 aromatic rings. The Morgan fingerprint density at radius 1 is 1.41 bits per heavy atom. The minimum Gasteiger partial charge on any atom is -0.355 e. The second-order valence-electron chi connectivity index (χ2n) is 3.68. The molecule has 0 bridgehead atoms. The van der Waals surface area contributed by atoms with Crippen molar-refractivity contribution in [1.82, 2.24) is 10.7 Å². The quantitative estimate of drug-likeness (QED) is 0.240. The molecule has 5 heteroatoms. The van der Waals surface area contributed by atoms with Gasteiger partial charge in [-0.3, -0.25) is 5.43 Å². The van der Waals surface area contributed by atoms with Crippen LogP contribution in [0.1, 0.15) is 25.3 Å². The van der Waals surface area contributed by atoms with Crippen molar-refractivity contribution in [1.29, 1.82) is 0 Å². The van der Waals surface area contributed by atoms with Gasteiger partial charge in [0.1, 0.15) is 5.82 Å². The van der Waals surface area contributed by atoms with Crippen LogP contribution in [0.25, 0.3) is 0 Å². The summed E-state index contributed by atoms with van der Waals surface area (Å²) in [5.41, 5.74) is 3.02. The molecule has 0 saturated heterocycles. The number of hydrazine groups is 1. The Labute approximate surface area is 101 Å². The number of nitrogens with one attached hydrogen (secondary N) is 2. The number of halogens is 1. The molecular weight excluding hydrogens is 219 g/mol. The van der Waals surface area contributed by atoms with E-state index in [4.69, 9.17) is 5.84 Å². The molecule has 0 aliphatic carbocycles. The Balaban J connectivity index is 2.52. The molecule has 0 heterocycles. The van der Waals surface area contributed by atoms with Gasteiger partial charge in [0, 0.05) is 12.1 Å². The van der Waals surface area contributed by atoms with Gasteiger partial charge in [-0.1, -0.05) is 31.5 Å². The number of nitrogens with zero attached hydrogens (tertiary/aromatic N) is 1. The highest BCUT2D eigenvalue weighted by atomic mass is 19.1. The van der Waals surface area contributed by atoms with Crippen molar-refractivity contribution in [3.8, 4) is 0 Å². The van der Waals surface area contributed by atoms with Crippen LogP contribution in [-0.4, -0.2) is 12.5 Å². The Morgan fingerprint density at radius 3 is 2.82 bits per heavy atom. The molecule has 0 atom stereocenters. The van der Waals surface area contributed by atoms with Gasteiger partial charge in [0.2, 0.25) is 5.96 Å². The van der Waals surface area contributed by atoms with E-state index in [9.17, 15) is 4.39 Å². The number of benzene rings is 1. The molecule has 0 spiro atoms. The van der Waals surface area contributed by atoms with Crippen LogP contribution in [-0.2, 0) is 6.54 Å². The third kappa shape index (κ3) is 4.82. The lowest BCUT2D eigenvalue weighted by Gasteiger charge is -2.08. The standard InChI is InChI=1S/C12H19FN4/c1-2-3-8-15-12(17-14)16-9-10-6-4-5-7-11(10)13/h4-7H,2-3,8-9,14H2,1H3,(H2,15,16,17). The van der Waals surface area contributed by atoms with Gasteiger partial charge in [-0.05, 0) is 12.5 Å². The molecule has 0 aromatic heterocycles. The van der Waals surface area contributed by atoms with Gasteiger partial charge >= 0.3 is 0 Å². The molecule has 0 aliphatic heterocycles. The fourth-order valence-electron chi connectivity index (χ4n) is 1.33. The van der Waals surface area contributed by atoms with E-state index in [1.54, 1.807) is 18.2 Å². The third-order valence-corrected chi connectivity index (χ3v) is 2.32. The van der Waals surface area contributed by atoms with E-state index in [1.807, 2.05) is 0 Å².